The van der Waals surface area contributed by atoms with Gasteiger partial charge in [0.2, 0.25) is 0 Å². The Balaban J connectivity index is 3.61. The summed E-state index contributed by atoms with van der Waals surface area (Å²) >= 11 is 0. The van der Waals surface area contributed by atoms with Crippen molar-refractivity contribution in [3.63, 3.8) is 0 Å². The van der Waals surface area contributed by atoms with Gasteiger partial charge in [-0.05, 0) is 13.5 Å². The minimum absolute atomic E-state index is 0.194. The first kappa shape index (κ1) is 12.8. The van der Waals surface area contributed by atoms with Crippen molar-refractivity contribution in [1.82, 2.24) is 5.32 Å². The molecule has 0 aliphatic carbocycles. The Bertz CT molecular complexity index is 123. The Hall–Kier alpha value is -0.250. The molecule has 4 heteroatoms. The van der Waals surface area contributed by atoms with Crippen LogP contribution in [-0.2, 0) is 0 Å². The van der Waals surface area contributed by atoms with E-state index in [2.05, 4.69) is 5.32 Å². The van der Waals surface area contributed by atoms with Crippen LogP contribution in [0.25, 0.3) is 0 Å². The van der Waals surface area contributed by atoms with Gasteiger partial charge in [-0.25, -0.2) is 0 Å². The molecule has 0 bridgehead atoms. The summed E-state index contributed by atoms with van der Waals surface area (Å²) < 4.78 is 36.5. The van der Waals surface area contributed by atoms with Crippen LogP contribution < -0.4 is 5.32 Å². The van der Waals surface area contributed by atoms with Crippen molar-refractivity contribution in [3.05, 3.63) is 0 Å². The molecule has 0 aromatic heterocycles. The molecule has 0 amide bonds. The molecule has 0 aromatic rings. The second kappa shape index (κ2) is 6.24. The van der Waals surface area contributed by atoms with Crippen LogP contribution in [0.15, 0.2) is 0 Å². The summed E-state index contributed by atoms with van der Waals surface area (Å²) in [5.41, 5.74) is 0. The fraction of sp³-hybridized carbons (Fsp3) is 1.00. The summed E-state index contributed by atoms with van der Waals surface area (Å²) in [7, 11) is 1.36. The molecule has 0 saturated heterocycles. The van der Waals surface area contributed by atoms with Gasteiger partial charge < -0.3 is 5.32 Å². The monoisotopic (exact) mass is 197 g/mol. The van der Waals surface area contributed by atoms with Crippen molar-refractivity contribution in [3.8, 4) is 0 Å². The van der Waals surface area contributed by atoms with E-state index in [0.717, 1.165) is 19.3 Å². The van der Waals surface area contributed by atoms with Gasteiger partial charge >= 0.3 is 6.18 Å². The zero-order chi connectivity index (χ0) is 10.3. The lowest BCUT2D eigenvalue weighted by Crippen LogP contribution is -2.39. The predicted molar refractivity (Wildman–Crippen MR) is 47.7 cm³/mol. The number of hydrogen-bond acceptors (Lipinski definition) is 1. The van der Waals surface area contributed by atoms with Gasteiger partial charge in [0.05, 0.1) is 0 Å². The highest BCUT2D eigenvalue weighted by Crippen LogP contribution is 2.23. The molecule has 13 heavy (non-hydrogen) atoms. The van der Waals surface area contributed by atoms with Crippen molar-refractivity contribution in [2.24, 2.45) is 0 Å². The summed E-state index contributed by atoms with van der Waals surface area (Å²) in [4.78, 5) is 0. The fourth-order valence-corrected chi connectivity index (χ4v) is 1.25. The Morgan fingerprint density at radius 2 is 1.77 bits per heavy atom. The summed E-state index contributed by atoms with van der Waals surface area (Å²) in [6.45, 7) is 2.04. The van der Waals surface area contributed by atoms with E-state index in [9.17, 15) is 13.2 Å². The van der Waals surface area contributed by atoms with E-state index >= 15 is 0 Å². The quantitative estimate of drug-likeness (QED) is 0.645. The molecular formula is C9H18F3N. The van der Waals surface area contributed by atoms with E-state index in [0.29, 0.717) is 6.42 Å². The molecule has 1 unspecified atom stereocenters. The van der Waals surface area contributed by atoms with Gasteiger partial charge in [0.1, 0.15) is 6.04 Å². The average molecular weight is 197 g/mol. The topological polar surface area (TPSA) is 12.0 Å². The summed E-state index contributed by atoms with van der Waals surface area (Å²) in [6, 6.07) is -1.33. The Morgan fingerprint density at radius 3 is 2.15 bits per heavy atom. The molecule has 0 rings (SSSR count). The minimum Gasteiger partial charge on any atom is -0.309 e. The lowest BCUT2D eigenvalue weighted by Gasteiger charge is -2.19. The third-order valence-corrected chi connectivity index (χ3v) is 2.09. The zero-order valence-corrected chi connectivity index (χ0v) is 8.25. The average Bonchev–Trinajstić information content (AvgIpc) is 2.02. The summed E-state index contributed by atoms with van der Waals surface area (Å²) in [6.07, 6.45) is -0.283. The molecule has 0 fully saturated rings. The maximum absolute atomic E-state index is 12.2. The molecule has 1 N–H and O–H groups in total. The SMILES string of the molecule is CCCCCCC(NC)C(F)(F)F. The first-order valence-corrected chi connectivity index (χ1v) is 4.76. The summed E-state index contributed by atoms with van der Waals surface area (Å²) in [5, 5.41) is 2.29. The molecule has 80 valence electrons. The van der Waals surface area contributed by atoms with Crippen molar-refractivity contribution in [1.29, 1.82) is 0 Å². The highest BCUT2D eigenvalue weighted by atomic mass is 19.4. The van der Waals surface area contributed by atoms with Gasteiger partial charge in [-0.1, -0.05) is 32.6 Å². The van der Waals surface area contributed by atoms with Crippen molar-refractivity contribution in [2.75, 3.05) is 7.05 Å². The first-order valence-electron chi connectivity index (χ1n) is 4.76. The standard InChI is InChI=1S/C9H18F3N/c1-3-4-5-6-7-8(13-2)9(10,11)12/h8,13H,3-7H2,1-2H3. The van der Waals surface area contributed by atoms with E-state index in [1.165, 1.54) is 7.05 Å². The van der Waals surface area contributed by atoms with Gasteiger partial charge in [-0.3, -0.25) is 0 Å². The number of nitrogens with one attached hydrogen (secondary N) is 1. The van der Waals surface area contributed by atoms with E-state index in [1.807, 2.05) is 6.92 Å². The van der Waals surface area contributed by atoms with Gasteiger partial charge in [0.25, 0.3) is 0 Å². The fourth-order valence-electron chi connectivity index (χ4n) is 1.25. The van der Waals surface area contributed by atoms with Crippen LogP contribution in [-0.4, -0.2) is 19.3 Å². The largest absolute Gasteiger partial charge is 0.403 e. The molecular weight excluding hydrogens is 179 g/mol. The molecule has 0 aromatic carbocycles. The number of alkyl halides is 3. The van der Waals surface area contributed by atoms with Crippen LogP contribution in [0.5, 0.6) is 0 Å². The molecule has 0 spiro atoms. The number of rotatable bonds is 6. The van der Waals surface area contributed by atoms with E-state index < -0.39 is 12.2 Å². The van der Waals surface area contributed by atoms with Crippen molar-refractivity contribution in [2.45, 2.75) is 51.2 Å². The van der Waals surface area contributed by atoms with Gasteiger partial charge in [0, 0.05) is 0 Å². The van der Waals surface area contributed by atoms with Crippen LogP contribution in [0.3, 0.4) is 0 Å². The molecule has 0 saturated carbocycles. The van der Waals surface area contributed by atoms with Crippen LogP contribution in [0.1, 0.15) is 39.0 Å². The van der Waals surface area contributed by atoms with E-state index in [1.54, 1.807) is 0 Å². The number of halogens is 3. The molecule has 1 nitrogen and oxygen atoms in total. The van der Waals surface area contributed by atoms with Gasteiger partial charge in [-0.15, -0.1) is 0 Å². The number of hydrogen-bond donors (Lipinski definition) is 1. The zero-order valence-electron chi connectivity index (χ0n) is 8.25. The normalized spacial score (nSPS) is 14.5. The maximum atomic E-state index is 12.2. The van der Waals surface area contributed by atoms with Gasteiger partial charge in [0.15, 0.2) is 0 Å². The maximum Gasteiger partial charge on any atom is 0.403 e. The molecule has 0 aliphatic rings. The van der Waals surface area contributed by atoms with Crippen LogP contribution in [0.2, 0.25) is 0 Å². The molecule has 0 radical (unpaired) electrons. The highest BCUT2D eigenvalue weighted by molar-refractivity contribution is 4.72. The number of unbranched alkanes of at least 4 members (excludes halogenated alkanes) is 3. The second-order valence-corrected chi connectivity index (χ2v) is 3.23. The Labute approximate surface area is 77.7 Å². The molecule has 1 atom stereocenters. The smallest absolute Gasteiger partial charge is 0.309 e. The van der Waals surface area contributed by atoms with Crippen LogP contribution in [0, 0.1) is 0 Å². The Morgan fingerprint density at radius 1 is 1.15 bits per heavy atom. The lowest BCUT2D eigenvalue weighted by molar-refractivity contribution is -0.156. The van der Waals surface area contributed by atoms with Crippen LogP contribution in [0.4, 0.5) is 13.2 Å². The molecule has 0 aliphatic heterocycles. The predicted octanol–water partition coefficient (Wildman–Crippen LogP) is 3.11. The van der Waals surface area contributed by atoms with Gasteiger partial charge in [-0.2, -0.15) is 13.2 Å². The third kappa shape index (κ3) is 5.91. The highest BCUT2D eigenvalue weighted by Gasteiger charge is 2.37. The minimum atomic E-state index is -4.10. The second-order valence-electron chi connectivity index (χ2n) is 3.23. The van der Waals surface area contributed by atoms with Crippen molar-refractivity contribution < 1.29 is 13.2 Å². The third-order valence-electron chi connectivity index (χ3n) is 2.09. The van der Waals surface area contributed by atoms with E-state index in [4.69, 9.17) is 0 Å². The summed E-state index contributed by atoms with van der Waals surface area (Å²) in [5.74, 6) is 0. The Kier molecular flexibility index (Phi) is 6.12. The first-order chi connectivity index (χ1) is 6.02. The van der Waals surface area contributed by atoms with Crippen molar-refractivity contribution >= 4 is 0 Å². The van der Waals surface area contributed by atoms with Crippen LogP contribution >= 0.6 is 0 Å². The lowest BCUT2D eigenvalue weighted by atomic mass is 10.1. The van der Waals surface area contributed by atoms with E-state index in [-0.39, 0.29) is 6.42 Å². The molecule has 0 heterocycles.